The maximum atomic E-state index is 11.8. The lowest BCUT2D eigenvalue weighted by Crippen LogP contribution is -2.26. The van der Waals surface area contributed by atoms with E-state index in [1.54, 1.807) is 6.08 Å². The Morgan fingerprint density at radius 3 is 2.70 bits per heavy atom. The molecule has 0 saturated carbocycles. The Morgan fingerprint density at radius 1 is 1.15 bits per heavy atom. The van der Waals surface area contributed by atoms with Gasteiger partial charge in [-0.2, -0.15) is 0 Å². The van der Waals surface area contributed by atoms with Crippen LogP contribution in [0.25, 0.3) is 6.08 Å². The van der Waals surface area contributed by atoms with Crippen LogP contribution in [-0.4, -0.2) is 11.9 Å². The Hall–Kier alpha value is -2.75. The molecule has 1 aliphatic heterocycles. The number of ether oxygens (including phenoxy) is 1. The second-order valence-corrected chi connectivity index (χ2v) is 4.50. The van der Waals surface area contributed by atoms with Crippen LogP contribution in [0.2, 0.25) is 0 Å². The molecule has 2 aromatic rings. The molecule has 1 aromatic heterocycles. The van der Waals surface area contributed by atoms with Gasteiger partial charge in [-0.25, -0.2) is 14.4 Å². The number of carbonyl (C=O) groups is 1. The van der Waals surface area contributed by atoms with Gasteiger partial charge in [0.1, 0.15) is 7.05 Å². The summed E-state index contributed by atoms with van der Waals surface area (Å²) < 4.78 is 7.11. The number of aliphatic imine (C=N–C) groups is 1. The first kappa shape index (κ1) is 12.3. The van der Waals surface area contributed by atoms with Crippen molar-refractivity contribution in [2.24, 2.45) is 12.0 Å². The van der Waals surface area contributed by atoms with Crippen molar-refractivity contribution >= 4 is 17.9 Å². The van der Waals surface area contributed by atoms with Crippen molar-refractivity contribution in [3.63, 3.8) is 0 Å². The lowest BCUT2D eigenvalue weighted by atomic mass is 10.2. The molecule has 0 saturated heterocycles. The summed E-state index contributed by atoms with van der Waals surface area (Å²) >= 11 is 0. The minimum atomic E-state index is -0.421. The van der Waals surface area contributed by atoms with Crippen molar-refractivity contribution in [2.45, 2.75) is 0 Å². The Kier molecular flexibility index (Phi) is 3.13. The molecule has 4 heteroatoms. The van der Waals surface area contributed by atoms with Crippen LogP contribution in [-0.2, 0) is 16.6 Å². The second kappa shape index (κ2) is 5.09. The third kappa shape index (κ3) is 2.49. The maximum Gasteiger partial charge on any atom is 0.363 e. The standard InChI is InChI=1S/C16H13N2O2/c1-18-9-5-6-12(11-18)10-14-16(19)20-15(17-14)13-7-3-2-4-8-13/h2-11H,1H3/q+1. The number of carbonyl (C=O) groups excluding carboxylic acids is 1. The minimum Gasteiger partial charge on any atom is -0.402 e. The molecule has 2 heterocycles. The van der Waals surface area contributed by atoms with Gasteiger partial charge in [-0.15, -0.1) is 0 Å². The Morgan fingerprint density at radius 2 is 1.95 bits per heavy atom. The molecule has 0 N–H and O–H groups in total. The summed E-state index contributed by atoms with van der Waals surface area (Å²) in [7, 11) is 1.92. The number of esters is 1. The topological polar surface area (TPSA) is 42.5 Å². The number of cyclic esters (lactones) is 1. The molecule has 98 valence electrons. The monoisotopic (exact) mass is 265 g/mol. The third-order valence-electron chi connectivity index (χ3n) is 2.91. The zero-order valence-electron chi connectivity index (χ0n) is 11.0. The summed E-state index contributed by atoms with van der Waals surface area (Å²) in [6.45, 7) is 0. The predicted molar refractivity (Wildman–Crippen MR) is 74.7 cm³/mol. The van der Waals surface area contributed by atoms with E-state index in [-0.39, 0.29) is 0 Å². The second-order valence-electron chi connectivity index (χ2n) is 4.50. The summed E-state index contributed by atoms with van der Waals surface area (Å²) in [5.41, 5.74) is 2.01. The molecular formula is C16H13N2O2+. The van der Waals surface area contributed by atoms with E-state index in [1.165, 1.54) is 0 Å². The summed E-state index contributed by atoms with van der Waals surface area (Å²) in [5, 5.41) is 0. The van der Waals surface area contributed by atoms with Gasteiger partial charge in [-0.05, 0) is 24.3 Å². The highest BCUT2D eigenvalue weighted by Crippen LogP contribution is 2.18. The average molecular weight is 265 g/mol. The van der Waals surface area contributed by atoms with Gasteiger partial charge in [0.25, 0.3) is 0 Å². The average Bonchev–Trinajstić information content (AvgIpc) is 2.81. The smallest absolute Gasteiger partial charge is 0.363 e. The molecule has 0 bridgehead atoms. The first-order chi connectivity index (χ1) is 9.72. The SMILES string of the molecule is C[n+]1cccc(C=C2N=C(c3ccccc3)OC2=O)c1. The van der Waals surface area contributed by atoms with Crippen LogP contribution in [0.3, 0.4) is 0 Å². The molecule has 0 aliphatic carbocycles. The fourth-order valence-electron chi connectivity index (χ4n) is 1.97. The molecule has 0 spiro atoms. The number of benzene rings is 1. The van der Waals surface area contributed by atoms with Gasteiger partial charge in [0.05, 0.1) is 0 Å². The molecule has 0 fully saturated rings. The van der Waals surface area contributed by atoms with Gasteiger partial charge in [0.2, 0.25) is 5.90 Å². The zero-order chi connectivity index (χ0) is 13.9. The number of aryl methyl sites for hydroxylation is 1. The molecule has 20 heavy (non-hydrogen) atoms. The van der Waals surface area contributed by atoms with Gasteiger partial charge >= 0.3 is 5.97 Å². The first-order valence-corrected chi connectivity index (χ1v) is 6.26. The van der Waals surface area contributed by atoms with Crippen molar-refractivity contribution in [2.75, 3.05) is 0 Å². The van der Waals surface area contributed by atoms with E-state index in [0.717, 1.165) is 11.1 Å². The number of rotatable bonds is 2. The largest absolute Gasteiger partial charge is 0.402 e. The van der Waals surface area contributed by atoms with Crippen LogP contribution in [0.5, 0.6) is 0 Å². The Balaban J connectivity index is 1.95. The maximum absolute atomic E-state index is 11.8. The summed E-state index contributed by atoms with van der Waals surface area (Å²) in [4.78, 5) is 16.1. The van der Waals surface area contributed by atoms with Crippen molar-refractivity contribution in [1.29, 1.82) is 0 Å². The number of pyridine rings is 1. The third-order valence-corrected chi connectivity index (χ3v) is 2.91. The van der Waals surface area contributed by atoms with Crippen LogP contribution in [0, 0.1) is 0 Å². The molecule has 0 amide bonds. The van der Waals surface area contributed by atoms with Crippen molar-refractivity contribution in [1.82, 2.24) is 0 Å². The summed E-state index contributed by atoms with van der Waals surface area (Å²) in [6.07, 6.45) is 5.56. The molecule has 1 aliphatic rings. The van der Waals surface area contributed by atoms with E-state index >= 15 is 0 Å². The highest BCUT2D eigenvalue weighted by Gasteiger charge is 2.24. The van der Waals surface area contributed by atoms with Gasteiger partial charge in [-0.3, -0.25) is 0 Å². The van der Waals surface area contributed by atoms with Crippen molar-refractivity contribution in [3.8, 4) is 0 Å². The van der Waals surface area contributed by atoms with Gasteiger partial charge in [0, 0.05) is 17.2 Å². The molecule has 1 aromatic carbocycles. The van der Waals surface area contributed by atoms with Crippen molar-refractivity contribution < 1.29 is 14.1 Å². The minimum absolute atomic E-state index is 0.315. The van der Waals surface area contributed by atoms with E-state index in [2.05, 4.69) is 4.99 Å². The fraction of sp³-hybridized carbons (Fsp3) is 0.0625. The molecular weight excluding hydrogens is 252 g/mol. The summed E-state index contributed by atoms with van der Waals surface area (Å²) in [6, 6.07) is 13.2. The number of aromatic nitrogens is 1. The number of nitrogens with zero attached hydrogens (tertiary/aromatic N) is 2. The van der Waals surface area contributed by atoms with Gasteiger partial charge < -0.3 is 4.74 Å². The van der Waals surface area contributed by atoms with Gasteiger partial charge in [0.15, 0.2) is 18.1 Å². The predicted octanol–water partition coefficient (Wildman–Crippen LogP) is 1.86. The molecule has 0 atom stereocenters. The van der Waals surface area contributed by atoms with Gasteiger partial charge in [-0.1, -0.05) is 18.2 Å². The molecule has 0 unspecified atom stereocenters. The van der Waals surface area contributed by atoms with E-state index in [9.17, 15) is 4.79 Å². The van der Waals surface area contributed by atoms with Crippen molar-refractivity contribution in [3.05, 3.63) is 71.7 Å². The quantitative estimate of drug-likeness (QED) is 0.472. The lowest BCUT2D eigenvalue weighted by Gasteiger charge is -1.97. The fourth-order valence-corrected chi connectivity index (χ4v) is 1.97. The Bertz CT molecular complexity index is 718. The molecule has 3 rings (SSSR count). The van der Waals surface area contributed by atoms with Crippen LogP contribution in [0.1, 0.15) is 11.1 Å². The van der Waals surface area contributed by atoms with Crippen LogP contribution < -0.4 is 4.57 Å². The number of hydrogen-bond acceptors (Lipinski definition) is 3. The molecule has 4 nitrogen and oxygen atoms in total. The van der Waals surface area contributed by atoms with Crippen LogP contribution in [0.4, 0.5) is 0 Å². The summed E-state index contributed by atoms with van der Waals surface area (Å²) in [5.74, 6) is -0.0717. The number of hydrogen-bond donors (Lipinski definition) is 0. The highest BCUT2D eigenvalue weighted by atomic mass is 16.6. The van der Waals surface area contributed by atoms with E-state index in [0.29, 0.717) is 11.6 Å². The van der Waals surface area contributed by atoms with E-state index < -0.39 is 5.97 Å². The Labute approximate surface area is 116 Å². The normalized spacial score (nSPS) is 16.1. The molecule has 0 radical (unpaired) electrons. The zero-order valence-corrected chi connectivity index (χ0v) is 11.0. The van der Waals surface area contributed by atoms with Crippen LogP contribution in [0.15, 0.2) is 65.5 Å². The lowest BCUT2D eigenvalue weighted by molar-refractivity contribution is -0.671. The first-order valence-electron chi connectivity index (χ1n) is 6.26. The van der Waals surface area contributed by atoms with Crippen LogP contribution >= 0.6 is 0 Å². The van der Waals surface area contributed by atoms with E-state index in [1.807, 2.05) is 66.5 Å². The highest BCUT2D eigenvalue weighted by molar-refractivity contribution is 6.12. The van der Waals surface area contributed by atoms with E-state index in [4.69, 9.17) is 4.74 Å².